The highest BCUT2D eigenvalue weighted by Crippen LogP contribution is 2.28. The molecule has 0 aliphatic carbocycles. The van der Waals surface area contributed by atoms with Gasteiger partial charge < -0.3 is 19.5 Å². The van der Waals surface area contributed by atoms with Gasteiger partial charge in [-0.15, -0.1) is 0 Å². The van der Waals surface area contributed by atoms with Crippen LogP contribution < -0.4 is 24.2 Å². The van der Waals surface area contributed by atoms with Crippen molar-refractivity contribution in [2.75, 3.05) is 41.0 Å². The van der Waals surface area contributed by atoms with E-state index in [0.717, 1.165) is 9.87 Å². The number of carbonyl (C=O) groups excluding carboxylic acids is 1. The first-order chi connectivity index (χ1) is 16.5. The fourth-order valence-corrected chi connectivity index (χ4v) is 3.94. The number of benzene rings is 2. The summed E-state index contributed by atoms with van der Waals surface area (Å²) < 4.78 is 57.3. The van der Waals surface area contributed by atoms with Crippen molar-refractivity contribution in [2.45, 2.75) is 26.3 Å². The molecule has 0 bridgehead atoms. The van der Waals surface area contributed by atoms with Crippen molar-refractivity contribution in [2.24, 2.45) is 5.92 Å². The summed E-state index contributed by atoms with van der Waals surface area (Å²) in [5, 5.41) is 2.79. The van der Waals surface area contributed by atoms with Crippen LogP contribution in [-0.2, 0) is 21.4 Å². The molecule has 0 spiro atoms. The molecule has 2 aromatic carbocycles. The lowest BCUT2D eigenvalue weighted by Crippen LogP contribution is -2.52. The molecule has 0 saturated heterocycles. The maximum atomic E-state index is 12.9. The number of halogens is 1. The lowest BCUT2D eigenvalue weighted by atomic mass is 10.0. The van der Waals surface area contributed by atoms with Crippen LogP contribution in [0.5, 0.6) is 17.2 Å². The summed E-state index contributed by atoms with van der Waals surface area (Å²) in [6, 6.07) is 10.3. The number of hydrogen-bond acceptors (Lipinski definition) is 6. The number of carbonyl (C=O) groups is 1. The van der Waals surface area contributed by atoms with Gasteiger partial charge in [-0.3, -0.25) is 4.79 Å². The van der Waals surface area contributed by atoms with E-state index < -0.39 is 22.2 Å². The molecule has 1 amide bonds. The molecule has 35 heavy (non-hydrogen) atoms. The SMILES string of the molecule is COc1cc(CCNC(=O)[C@@H](NS(=O)(=O)N(C)C)C(C)C)ccc1OCCOc1ccc(F)cc1. The summed E-state index contributed by atoms with van der Waals surface area (Å²) in [5.41, 5.74) is 0.909. The highest BCUT2D eigenvalue weighted by Gasteiger charge is 2.28. The van der Waals surface area contributed by atoms with Gasteiger partial charge in [0.05, 0.1) is 7.11 Å². The van der Waals surface area contributed by atoms with Gasteiger partial charge in [0.15, 0.2) is 11.5 Å². The molecular formula is C24H34FN3O6S. The highest BCUT2D eigenvalue weighted by atomic mass is 32.2. The summed E-state index contributed by atoms with van der Waals surface area (Å²) >= 11 is 0. The first-order valence-corrected chi connectivity index (χ1v) is 12.6. The summed E-state index contributed by atoms with van der Waals surface area (Å²) in [4.78, 5) is 12.6. The van der Waals surface area contributed by atoms with E-state index in [9.17, 15) is 17.6 Å². The van der Waals surface area contributed by atoms with E-state index >= 15 is 0 Å². The molecule has 11 heteroatoms. The number of methoxy groups -OCH3 is 1. The number of hydrogen-bond donors (Lipinski definition) is 2. The molecule has 0 heterocycles. The molecule has 0 saturated carbocycles. The van der Waals surface area contributed by atoms with Gasteiger partial charge >= 0.3 is 0 Å². The van der Waals surface area contributed by atoms with Gasteiger partial charge in [0.25, 0.3) is 10.2 Å². The van der Waals surface area contributed by atoms with Crippen LogP contribution in [0.3, 0.4) is 0 Å². The topological polar surface area (TPSA) is 106 Å². The van der Waals surface area contributed by atoms with E-state index in [4.69, 9.17) is 14.2 Å². The lowest BCUT2D eigenvalue weighted by Gasteiger charge is -2.23. The second-order valence-corrected chi connectivity index (χ2v) is 10.2. The van der Waals surface area contributed by atoms with Crippen LogP contribution in [0.4, 0.5) is 4.39 Å². The van der Waals surface area contributed by atoms with Crippen LogP contribution in [0, 0.1) is 11.7 Å². The molecule has 0 aliphatic heterocycles. The summed E-state index contributed by atoms with van der Waals surface area (Å²) in [5.74, 6) is 0.683. The first kappa shape index (κ1) is 28.3. The van der Waals surface area contributed by atoms with Crippen molar-refractivity contribution in [3.8, 4) is 17.2 Å². The molecule has 0 radical (unpaired) electrons. The Labute approximate surface area is 206 Å². The molecule has 0 aromatic heterocycles. The van der Waals surface area contributed by atoms with Crippen molar-refractivity contribution in [1.82, 2.24) is 14.3 Å². The molecule has 194 valence electrons. The quantitative estimate of drug-likeness (QED) is 0.377. The van der Waals surface area contributed by atoms with E-state index in [2.05, 4.69) is 10.0 Å². The molecule has 0 aliphatic rings. The summed E-state index contributed by atoms with van der Waals surface area (Å²) in [6.07, 6.45) is 0.515. The average Bonchev–Trinajstić information content (AvgIpc) is 2.81. The molecule has 0 fully saturated rings. The minimum Gasteiger partial charge on any atom is -0.493 e. The Kier molecular flexibility index (Phi) is 10.7. The van der Waals surface area contributed by atoms with Gasteiger partial charge in [-0.25, -0.2) is 4.39 Å². The third-order valence-electron chi connectivity index (χ3n) is 5.07. The van der Waals surface area contributed by atoms with Crippen LogP contribution in [0.1, 0.15) is 19.4 Å². The number of amides is 1. The normalized spacial score (nSPS) is 12.5. The zero-order chi connectivity index (χ0) is 26.0. The van der Waals surface area contributed by atoms with E-state index in [-0.39, 0.29) is 24.9 Å². The van der Waals surface area contributed by atoms with Crippen molar-refractivity contribution >= 4 is 16.1 Å². The first-order valence-electron chi connectivity index (χ1n) is 11.2. The molecule has 0 unspecified atom stereocenters. The Bertz CT molecular complexity index is 1060. The second kappa shape index (κ2) is 13.3. The van der Waals surface area contributed by atoms with Gasteiger partial charge in [-0.2, -0.15) is 17.4 Å². The maximum Gasteiger partial charge on any atom is 0.279 e. The smallest absolute Gasteiger partial charge is 0.279 e. The van der Waals surface area contributed by atoms with Crippen LogP contribution in [0.15, 0.2) is 42.5 Å². The van der Waals surface area contributed by atoms with E-state index in [1.54, 1.807) is 32.0 Å². The van der Waals surface area contributed by atoms with E-state index in [1.165, 1.54) is 33.3 Å². The second-order valence-electron chi connectivity index (χ2n) is 8.30. The van der Waals surface area contributed by atoms with Gasteiger partial charge in [-0.1, -0.05) is 19.9 Å². The Morgan fingerprint density at radius 3 is 2.29 bits per heavy atom. The zero-order valence-electron chi connectivity index (χ0n) is 20.7. The Balaban J connectivity index is 1.86. The van der Waals surface area contributed by atoms with Crippen molar-refractivity contribution in [3.63, 3.8) is 0 Å². The van der Waals surface area contributed by atoms with Crippen molar-refractivity contribution in [1.29, 1.82) is 0 Å². The number of nitrogens with zero attached hydrogens (tertiary/aromatic N) is 1. The molecular weight excluding hydrogens is 477 g/mol. The van der Waals surface area contributed by atoms with Gasteiger partial charge in [0, 0.05) is 20.6 Å². The molecule has 2 aromatic rings. The van der Waals surface area contributed by atoms with Gasteiger partial charge in [-0.05, 0) is 54.3 Å². The third kappa shape index (κ3) is 9.00. The molecule has 9 nitrogen and oxygen atoms in total. The predicted octanol–water partition coefficient (Wildman–Crippen LogP) is 2.37. The number of ether oxygens (including phenoxy) is 3. The minimum absolute atomic E-state index is 0.228. The van der Waals surface area contributed by atoms with Crippen molar-refractivity contribution < 1.29 is 31.8 Å². The van der Waals surface area contributed by atoms with E-state index in [1.807, 2.05) is 12.1 Å². The van der Waals surface area contributed by atoms with Crippen LogP contribution in [-0.4, -0.2) is 65.6 Å². The number of nitrogens with one attached hydrogen (secondary N) is 2. The third-order valence-corrected chi connectivity index (χ3v) is 6.58. The molecule has 2 rings (SSSR count). The largest absolute Gasteiger partial charge is 0.493 e. The fourth-order valence-electron chi connectivity index (χ4n) is 3.03. The van der Waals surface area contributed by atoms with Crippen LogP contribution in [0.25, 0.3) is 0 Å². The van der Waals surface area contributed by atoms with Crippen LogP contribution in [0.2, 0.25) is 0 Å². The minimum atomic E-state index is -3.74. The molecule has 1 atom stereocenters. The Morgan fingerprint density at radius 2 is 1.69 bits per heavy atom. The Hall–Kier alpha value is -2.89. The highest BCUT2D eigenvalue weighted by molar-refractivity contribution is 7.87. The average molecular weight is 512 g/mol. The Morgan fingerprint density at radius 1 is 1.03 bits per heavy atom. The standard InChI is InChI=1S/C24H34FN3O6S/c1-17(2)23(27-35(30,31)28(3)4)24(29)26-13-12-18-6-11-21(22(16-18)32-5)34-15-14-33-20-9-7-19(25)8-10-20/h6-11,16-17,23,27H,12-15H2,1-5H3,(H,26,29)/t23-/m0/s1. The molecule has 2 N–H and O–H groups in total. The van der Waals surface area contributed by atoms with Crippen molar-refractivity contribution in [3.05, 3.63) is 53.8 Å². The monoisotopic (exact) mass is 511 g/mol. The fraction of sp³-hybridized carbons (Fsp3) is 0.458. The lowest BCUT2D eigenvalue weighted by molar-refractivity contribution is -0.123. The van der Waals surface area contributed by atoms with Gasteiger partial charge in [0.2, 0.25) is 5.91 Å². The van der Waals surface area contributed by atoms with Crippen LogP contribution >= 0.6 is 0 Å². The predicted molar refractivity (Wildman–Crippen MR) is 131 cm³/mol. The van der Waals surface area contributed by atoms with E-state index in [0.29, 0.717) is 30.2 Å². The summed E-state index contributed by atoms with van der Waals surface area (Å²) in [7, 11) is 0.596. The zero-order valence-corrected chi connectivity index (χ0v) is 21.5. The maximum absolute atomic E-state index is 12.9. The number of rotatable bonds is 14. The van der Waals surface area contributed by atoms with Gasteiger partial charge in [0.1, 0.15) is 30.8 Å². The summed E-state index contributed by atoms with van der Waals surface area (Å²) in [6.45, 7) is 4.41.